The van der Waals surface area contributed by atoms with Gasteiger partial charge in [-0.3, -0.25) is 24.5 Å². The van der Waals surface area contributed by atoms with Crippen molar-refractivity contribution in [1.29, 1.82) is 0 Å². The molecule has 0 bridgehead atoms. The third kappa shape index (κ3) is 5.02. The number of nitro groups is 1. The van der Waals surface area contributed by atoms with Crippen LogP contribution in [-0.4, -0.2) is 40.2 Å². The molecule has 4 rings (SSSR count). The molecule has 36 heavy (non-hydrogen) atoms. The molecule has 3 amide bonds. The monoisotopic (exact) mass is 485 g/mol. The Bertz CT molecular complexity index is 1390. The molecule has 0 saturated carbocycles. The van der Waals surface area contributed by atoms with Crippen molar-refractivity contribution in [3.8, 4) is 0 Å². The lowest BCUT2D eigenvalue weighted by Crippen LogP contribution is -2.35. The summed E-state index contributed by atoms with van der Waals surface area (Å²) in [5.41, 5.74) is 1.28. The molecule has 1 aliphatic rings. The van der Waals surface area contributed by atoms with E-state index in [4.69, 9.17) is 4.74 Å². The molecule has 0 atom stereocenters. The number of esters is 1. The van der Waals surface area contributed by atoms with Crippen molar-refractivity contribution in [2.45, 2.75) is 6.92 Å². The largest absolute Gasteiger partial charge is 0.439 e. The summed E-state index contributed by atoms with van der Waals surface area (Å²) >= 11 is 0. The van der Waals surface area contributed by atoms with Crippen LogP contribution in [0, 0.1) is 17.0 Å². The van der Waals surface area contributed by atoms with Gasteiger partial charge in [-0.1, -0.05) is 42.0 Å². The Morgan fingerprint density at radius 3 is 2.22 bits per heavy atom. The van der Waals surface area contributed by atoms with E-state index in [0.717, 1.165) is 10.5 Å². The fourth-order valence-electron chi connectivity index (χ4n) is 3.50. The first-order valence-electron chi connectivity index (χ1n) is 10.7. The van der Waals surface area contributed by atoms with Crippen LogP contribution in [-0.2, 0) is 9.53 Å². The smallest absolute Gasteiger partial charge is 0.356 e. The van der Waals surface area contributed by atoms with E-state index in [2.05, 4.69) is 5.32 Å². The van der Waals surface area contributed by atoms with Crippen molar-refractivity contribution in [3.05, 3.63) is 116 Å². The maximum atomic E-state index is 12.9. The van der Waals surface area contributed by atoms with Gasteiger partial charge in [0.15, 0.2) is 6.73 Å². The summed E-state index contributed by atoms with van der Waals surface area (Å²) in [5.74, 6) is -2.89. The fraction of sp³-hybridized carbons (Fsp3) is 0.0769. The van der Waals surface area contributed by atoms with Crippen molar-refractivity contribution >= 4 is 35.5 Å². The zero-order chi connectivity index (χ0) is 25.8. The van der Waals surface area contributed by atoms with Gasteiger partial charge in [0, 0.05) is 17.7 Å². The first kappa shape index (κ1) is 24.0. The van der Waals surface area contributed by atoms with Gasteiger partial charge in [0.1, 0.15) is 5.70 Å². The molecule has 0 aromatic heterocycles. The molecular formula is C26H19N3O7. The molecule has 3 aromatic carbocycles. The maximum absolute atomic E-state index is 12.9. The van der Waals surface area contributed by atoms with Gasteiger partial charge in [0.2, 0.25) is 0 Å². The van der Waals surface area contributed by atoms with E-state index < -0.39 is 35.3 Å². The van der Waals surface area contributed by atoms with Gasteiger partial charge >= 0.3 is 5.97 Å². The van der Waals surface area contributed by atoms with Crippen LogP contribution in [0.5, 0.6) is 0 Å². The molecule has 1 aliphatic heterocycles. The SMILES string of the molecule is Cc1ccc(C(=O)NC(=Cc2cccc([N+](=O)[O-])c2)C(=O)OCN2C(=O)c3ccccc3C2=O)cc1. The normalized spacial score (nSPS) is 12.8. The Morgan fingerprint density at radius 1 is 0.972 bits per heavy atom. The number of amides is 3. The minimum Gasteiger partial charge on any atom is -0.439 e. The molecular weight excluding hydrogens is 466 g/mol. The van der Waals surface area contributed by atoms with Gasteiger partial charge in [0.25, 0.3) is 23.4 Å². The number of ether oxygens (including phenoxy) is 1. The number of nitro benzene ring substituents is 1. The predicted molar refractivity (Wildman–Crippen MR) is 128 cm³/mol. The summed E-state index contributed by atoms with van der Waals surface area (Å²) in [5, 5.41) is 13.6. The van der Waals surface area contributed by atoms with Crippen molar-refractivity contribution in [3.63, 3.8) is 0 Å². The third-order valence-electron chi connectivity index (χ3n) is 5.38. The first-order valence-corrected chi connectivity index (χ1v) is 10.7. The summed E-state index contributed by atoms with van der Waals surface area (Å²) in [7, 11) is 0. The number of nitrogens with one attached hydrogen (secondary N) is 1. The van der Waals surface area contributed by atoms with Gasteiger partial charge in [-0.15, -0.1) is 0 Å². The summed E-state index contributed by atoms with van der Waals surface area (Å²) in [6, 6.07) is 18.2. The minimum absolute atomic E-state index is 0.193. The Hall–Kier alpha value is -5.12. The topological polar surface area (TPSA) is 136 Å². The zero-order valence-electron chi connectivity index (χ0n) is 19.0. The van der Waals surface area contributed by atoms with Crippen molar-refractivity contribution in [1.82, 2.24) is 10.2 Å². The van der Waals surface area contributed by atoms with Crippen LogP contribution >= 0.6 is 0 Å². The minimum atomic E-state index is -1.04. The van der Waals surface area contributed by atoms with Crippen LogP contribution in [0.3, 0.4) is 0 Å². The average molecular weight is 485 g/mol. The molecule has 0 spiro atoms. The standard InChI is InChI=1S/C26H19N3O7/c1-16-9-11-18(12-10-16)23(30)27-22(14-17-5-4-6-19(13-17)29(34)35)26(33)36-15-28-24(31)20-7-2-3-8-21(20)25(28)32/h2-14H,15H2,1H3,(H,27,30). The first-order chi connectivity index (χ1) is 17.2. The molecule has 10 nitrogen and oxygen atoms in total. The van der Waals surface area contributed by atoms with Crippen molar-refractivity contribution < 1.29 is 28.8 Å². The zero-order valence-corrected chi connectivity index (χ0v) is 19.0. The van der Waals surface area contributed by atoms with E-state index in [1.54, 1.807) is 36.4 Å². The highest BCUT2D eigenvalue weighted by Gasteiger charge is 2.36. The highest BCUT2D eigenvalue weighted by molar-refractivity contribution is 6.21. The number of non-ortho nitro benzene ring substituents is 1. The number of rotatable bonds is 7. The van der Waals surface area contributed by atoms with E-state index in [1.165, 1.54) is 42.5 Å². The van der Waals surface area contributed by atoms with Crippen molar-refractivity contribution in [2.75, 3.05) is 6.73 Å². The highest BCUT2D eigenvalue weighted by Crippen LogP contribution is 2.22. The lowest BCUT2D eigenvalue weighted by molar-refractivity contribution is -0.384. The molecule has 0 fully saturated rings. The quantitative estimate of drug-likeness (QED) is 0.178. The van der Waals surface area contributed by atoms with Crippen LogP contribution < -0.4 is 5.32 Å². The number of fused-ring (bicyclic) bond motifs is 1. The molecule has 0 radical (unpaired) electrons. The van der Waals surface area contributed by atoms with Crippen LogP contribution in [0.25, 0.3) is 6.08 Å². The Labute approximate surface area is 204 Å². The van der Waals surface area contributed by atoms with Crippen LogP contribution in [0.4, 0.5) is 5.69 Å². The summed E-state index contributed by atoms with van der Waals surface area (Å²) in [6.45, 7) is 1.17. The Balaban J connectivity index is 1.57. The number of carbonyl (C=O) groups excluding carboxylic acids is 4. The van der Waals surface area contributed by atoms with E-state index in [1.807, 2.05) is 6.92 Å². The van der Waals surface area contributed by atoms with Gasteiger partial charge in [-0.05, 0) is 42.8 Å². The predicted octanol–water partition coefficient (Wildman–Crippen LogP) is 3.47. The molecule has 0 saturated heterocycles. The van der Waals surface area contributed by atoms with E-state index in [0.29, 0.717) is 0 Å². The lowest BCUT2D eigenvalue weighted by Gasteiger charge is -2.15. The summed E-state index contributed by atoms with van der Waals surface area (Å²) in [4.78, 5) is 62.1. The second-order valence-corrected chi connectivity index (χ2v) is 7.88. The van der Waals surface area contributed by atoms with E-state index >= 15 is 0 Å². The van der Waals surface area contributed by atoms with Gasteiger partial charge in [-0.2, -0.15) is 0 Å². The van der Waals surface area contributed by atoms with Crippen LogP contribution in [0.15, 0.2) is 78.5 Å². The second-order valence-electron chi connectivity index (χ2n) is 7.88. The van der Waals surface area contributed by atoms with Gasteiger partial charge in [0.05, 0.1) is 16.1 Å². The number of imide groups is 1. The van der Waals surface area contributed by atoms with Crippen molar-refractivity contribution in [2.24, 2.45) is 0 Å². The molecule has 0 aliphatic carbocycles. The average Bonchev–Trinajstić information content (AvgIpc) is 3.12. The van der Waals surface area contributed by atoms with Crippen LogP contribution in [0.1, 0.15) is 42.2 Å². The summed E-state index contributed by atoms with van der Waals surface area (Å²) in [6.07, 6.45) is 1.21. The maximum Gasteiger partial charge on any atom is 0.356 e. The Morgan fingerprint density at radius 2 is 1.61 bits per heavy atom. The van der Waals surface area contributed by atoms with Crippen LogP contribution in [0.2, 0.25) is 0 Å². The lowest BCUT2D eigenvalue weighted by atomic mass is 10.1. The molecule has 10 heteroatoms. The van der Waals surface area contributed by atoms with E-state index in [9.17, 15) is 29.3 Å². The molecule has 1 N–H and O–H groups in total. The van der Waals surface area contributed by atoms with E-state index in [-0.39, 0.29) is 33.6 Å². The number of nitrogens with zero attached hydrogens (tertiary/aromatic N) is 2. The number of carbonyl (C=O) groups is 4. The van der Waals surface area contributed by atoms with Gasteiger partial charge < -0.3 is 10.1 Å². The molecule has 3 aromatic rings. The number of hydrogen-bond donors (Lipinski definition) is 1. The second kappa shape index (κ2) is 10.0. The fourth-order valence-corrected chi connectivity index (χ4v) is 3.50. The highest BCUT2D eigenvalue weighted by atomic mass is 16.6. The number of benzene rings is 3. The number of hydrogen-bond acceptors (Lipinski definition) is 7. The molecule has 0 unspecified atom stereocenters. The molecule has 180 valence electrons. The van der Waals surface area contributed by atoms with Gasteiger partial charge in [-0.25, -0.2) is 9.69 Å². The molecule has 1 heterocycles. The number of aryl methyl sites for hydroxylation is 1. The summed E-state index contributed by atoms with van der Waals surface area (Å²) < 4.78 is 5.19. The third-order valence-corrected chi connectivity index (χ3v) is 5.38. The Kier molecular flexibility index (Phi) is 6.68.